The van der Waals surface area contributed by atoms with Crippen molar-refractivity contribution in [2.24, 2.45) is 5.73 Å². The Hall–Kier alpha value is -2.28. The van der Waals surface area contributed by atoms with Crippen molar-refractivity contribution in [1.82, 2.24) is 14.3 Å². The fourth-order valence-electron chi connectivity index (χ4n) is 2.93. The first kappa shape index (κ1) is 15.3. The number of pyridine rings is 1. The average Bonchev–Trinajstić information content (AvgIpc) is 3.21. The number of amides is 3. The van der Waals surface area contributed by atoms with Gasteiger partial charge in [-0.1, -0.05) is 0 Å². The van der Waals surface area contributed by atoms with Crippen molar-refractivity contribution in [2.45, 2.75) is 24.1 Å². The Morgan fingerprint density at radius 1 is 1.29 bits per heavy atom. The molecule has 1 aliphatic heterocycles. The van der Waals surface area contributed by atoms with E-state index in [1.807, 2.05) is 12.3 Å². The first-order valence-electron chi connectivity index (χ1n) is 7.73. The topological polar surface area (TPSA) is 83.9 Å². The van der Waals surface area contributed by atoms with Crippen LogP contribution < -0.4 is 10.6 Å². The number of fused-ring (bicyclic) bond motifs is 1. The van der Waals surface area contributed by atoms with Crippen molar-refractivity contribution in [1.29, 1.82) is 0 Å². The van der Waals surface area contributed by atoms with Crippen molar-refractivity contribution in [3.05, 3.63) is 29.7 Å². The number of carbonyl (C=O) groups is 2. The molecule has 4 rings (SSSR count). The summed E-state index contributed by atoms with van der Waals surface area (Å²) in [5.74, 6) is 0.205. The molecule has 0 spiro atoms. The molecule has 118 valence electrons. The van der Waals surface area contributed by atoms with Gasteiger partial charge in [0, 0.05) is 19.4 Å². The van der Waals surface area contributed by atoms with Crippen LogP contribution in [0.2, 0.25) is 0 Å². The van der Waals surface area contributed by atoms with Crippen molar-refractivity contribution >= 4 is 39.0 Å². The van der Waals surface area contributed by atoms with E-state index >= 15 is 0 Å². The van der Waals surface area contributed by atoms with Gasteiger partial charge in [-0.25, -0.2) is 9.78 Å². The van der Waals surface area contributed by atoms with E-state index in [4.69, 9.17) is 21.4 Å². The van der Waals surface area contributed by atoms with Gasteiger partial charge in [-0.2, -0.15) is 0 Å². The minimum Gasteiger partial charge on any atom is -0.336 e. The Bertz CT molecular complexity index is 869. The lowest BCUT2D eigenvalue weighted by Crippen LogP contribution is -2.37. The van der Waals surface area contributed by atoms with Gasteiger partial charge in [0.25, 0.3) is 0 Å². The van der Waals surface area contributed by atoms with Crippen LogP contribution in [0.1, 0.15) is 30.0 Å². The standard InChI is InChI=1S/C15H15B2N5O2/c1-20-12(23)7-22(14(20)24)10-4-9(8-2-3-8)5-21-6-11(15(16,17)18)19-13(10)21/h4-6,8H,2-3,7,18H2,1H3. The highest BCUT2D eigenvalue weighted by atomic mass is 16.2. The van der Waals surface area contributed by atoms with E-state index in [1.54, 1.807) is 10.6 Å². The van der Waals surface area contributed by atoms with Gasteiger partial charge in [-0.05, 0) is 35.7 Å². The molecule has 2 aromatic rings. The molecule has 0 bridgehead atoms. The molecule has 7 nitrogen and oxygen atoms in total. The molecule has 2 aliphatic rings. The van der Waals surface area contributed by atoms with Crippen LogP contribution in [0, 0.1) is 0 Å². The monoisotopic (exact) mass is 319 g/mol. The molecule has 3 heterocycles. The SMILES string of the molecule is [B]C([B])(N)c1cn2cc(C3CC3)cc(N3CC(=O)N(C)C3=O)c2n1. The summed E-state index contributed by atoms with van der Waals surface area (Å²) in [5, 5.41) is -1.58. The van der Waals surface area contributed by atoms with E-state index in [9.17, 15) is 9.59 Å². The number of hydrogen-bond acceptors (Lipinski definition) is 4. The summed E-state index contributed by atoms with van der Waals surface area (Å²) in [6.07, 6.45) is 5.82. The number of rotatable bonds is 3. The molecule has 1 saturated heterocycles. The number of urea groups is 1. The first-order valence-corrected chi connectivity index (χ1v) is 7.73. The molecule has 2 fully saturated rings. The Balaban J connectivity index is 1.90. The van der Waals surface area contributed by atoms with Gasteiger partial charge in [0.05, 0.1) is 27.1 Å². The van der Waals surface area contributed by atoms with Gasteiger partial charge in [-0.15, -0.1) is 0 Å². The van der Waals surface area contributed by atoms with Gasteiger partial charge >= 0.3 is 6.03 Å². The lowest BCUT2D eigenvalue weighted by Gasteiger charge is -2.17. The summed E-state index contributed by atoms with van der Waals surface area (Å²) in [5.41, 5.74) is 8.21. The second-order valence-electron chi connectivity index (χ2n) is 6.54. The van der Waals surface area contributed by atoms with Crippen LogP contribution in [0.25, 0.3) is 5.65 Å². The third kappa shape index (κ3) is 2.31. The molecule has 1 aliphatic carbocycles. The fraction of sp³-hybridized carbons (Fsp3) is 0.400. The number of imidazole rings is 1. The molecular formula is C15H15B2N5O2. The molecule has 0 atom stereocenters. The highest BCUT2D eigenvalue weighted by Crippen LogP contribution is 2.42. The molecule has 4 radical (unpaired) electrons. The zero-order valence-electron chi connectivity index (χ0n) is 13.3. The summed E-state index contributed by atoms with van der Waals surface area (Å²) < 4.78 is 1.77. The highest BCUT2D eigenvalue weighted by Gasteiger charge is 2.36. The zero-order valence-corrected chi connectivity index (χ0v) is 13.3. The van der Waals surface area contributed by atoms with Gasteiger partial charge in [0.15, 0.2) is 5.65 Å². The third-order valence-corrected chi connectivity index (χ3v) is 4.52. The van der Waals surface area contributed by atoms with Crippen molar-refractivity contribution in [3.8, 4) is 0 Å². The van der Waals surface area contributed by atoms with E-state index < -0.39 is 5.34 Å². The molecule has 2 aromatic heterocycles. The predicted octanol–water partition coefficient (Wildman–Crippen LogP) is 0.0161. The minimum atomic E-state index is -1.58. The summed E-state index contributed by atoms with van der Waals surface area (Å²) >= 11 is 0. The van der Waals surface area contributed by atoms with Crippen molar-refractivity contribution in [3.63, 3.8) is 0 Å². The summed E-state index contributed by atoms with van der Waals surface area (Å²) in [7, 11) is 13.0. The lowest BCUT2D eigenvalue weighted by molar-refractivity contribution is -0.123. The quantitative estimate of drug-likeness (QED) is 0.638. The molecule has 2 N–H and O–H groups in total. The number of anilines is 1. The van der Waals surface area contributed by atoms with Gasteiger partial charge in [0.2, 0.25) is 5.91 Å². The van der Waals surface area contributed by atoms with Gasteiger partial charge in [-0.3, -0.25) is 14.6 Å². The van der Waals surface area contributed by atoms with Crippen LogP contribution in [-0.2, 0) is 10.1 Å². The number of nitrogens with zero attached hydrogens (tertiary/aromatic N) is 4. The Kier molecular flexibility index (Phi) is 3.09. The second-order valence-corrected chi connectivity index (χ2v) is 6.54. The van der Waals surface area contributed by atoms with Crippen LogP contribution in [0.5, 0.6) is 0 Å². The van der Waals surface area contributed by atoms with E-state index in [0.29, 0.717) is 22.9 Å². The van der Waals surface area contributed by atoms with Crippen molar-refractivity contribution < 1.29 is 9.59 Å². The van der Waals surface area contributed by atoms with E-state index in [-0.39, 0.29) is 18.5 Å². The predicted molar refractivity (Wildman–Crippen MR) is 90.1 cm³/mol. The van der Waals surface area contributed by atoms with Crippen LogP contribution in [0.3, 0.4) is 0 Å². The zero-order chi connectivity index (χ0) is 17.2. The molecule has 0 aromatic carbocycles. The fourth-order valence-corrected chi connectivity index (χ4v) is 2.93. The molecule has 3 amide bonds. The highest BCUT2D eigenvalue weighted by molar-refractivity contribution is 6.39. The van der Waals surface area contributed by atoms with Crippen LogP contribution in [0.15, 0.2) is 18.5 Å². The molecule has 1 saturated carbocycles. The van der Waals surface area contributed by atoms with E-state index in [0.717, 1.165) is 23.3 Å². The van der Waals surface area contributed by atoms with Crippen LogP contribution in [-0.4, -0.2) is 55.5 Å². The number of hydrogen-bond donors (Lipinski definition) is 1. The largest absolute Gasteiger partial charge is 0.336 e. The van der Waals surface area contributed by atoms with Crippen LogP contribution in [0.4, 0.5) is 10.5 Å². The third-order valence-electron chi connectivity index (χ3n) is 4.52. The maximum atomic E-state index is 12.4. The number of aromatic nitrogens is 2. The van der Waals surface area contributed by atoms with E-state index in [1.165, 1.54) is 11.9 Å². The maximum Gasteiger partial charge on any atom is 0.331 e. The summed E-state index contributed by atoms with van der Waals surface area (Å²) in [6, 6.07) is 1.54. The second kappa shape index (κ2) is 4.86. The Labute approximate surface area is 141 Å². The smallest absolute Gasteiger partial charge is 0.331 e. The first-order chi connectivity index (χ1) is 11.3. The number of carbonyl (C=O) groups excluding carboxylic acids is 2. The maximum absolute atomic E-state index is 12.4. The van der Waals surface area contributed by atoms with Crippen molar-refractivity contribution in [2.75, 3.05) is 18.5 Å². The molecule has 9 heteroatoms. The van der Waals surface area contributed by atoms with Gasteiger partial charge < -0.3 is 10.1 Å². The summed E-state index contributed by atoms with van der Waals surface area (Å²) in [4.78, 5) is 31.2. The lowest BCUT2D eigenvalue weighted by atomic mass is 9.61. The number of nitrogens with two attached hydrogens (primary N) is 1. The number of likely N-dealkylation sites (N-methyl/N-ethyl adjacent to an activating group) is 1. The normalized spacial score (nSPS) is 18.9. The molecule has 24 heavy (non-hydrogen) atoms. The molecule has 0 unspecified atom stereocenters. The average molecular weight is 319 g/mol. The van der Waals surface area contributed by atoms with E-state index in [2.05, 4.69) is 4.98 Å². The summed E-state index contributed by atoms with van der Waals surface area (Å²) in [6.45, 7) is -0.0136. The Morgan fingerprint density at radius 3 is 2.54 bits per heavy atom. The minimum absolute atomic E-state index is 0.0136. The van der Waals surface area contributed by atoms with Gasteiger partial charge in [0.1, 0.15) is 6.54 Å². The Morgan fingerprint density at radius 2 is 2.00 bits per heavy atom. The van der Waals surface area contributed by atoms with Crippen LogP contribution >= 0.6 is 0 Å². The number of imide groups is 1. The molecular weight excluding hydrogens is 304 g/mol.